The minimum Gasteiger partial charge on any atom is -0.294 e. The number of nitrogens with zero attached hydrogens (tertiary/aromatic N) is 4. The van der Waals surface area contributed by atoms with Crippen LogP contribution in [0.2, 0.25) is 5.02 Å². The van der Waals surface area contributed by atoms with Gasteiger partial charge in [0.1, 0.15) is 6.04 Å². The van der Waals surface area contributed by atoms with Gasteiger partial charge in [-0.15, -0.1) is 6.58 Å². The molecule has 3 atom stereocenters. The number of anilines is 1. The molecule has 1 aliphatic carbocycles. The maximum Gasteiger partial charge on any atom is 0.278 e. The van der Waals surface area contributed by atoms with Crippen LogP contribution >= 0.6 is 11.6 Å². The highest BCUT2D eigenvalue weighted by Gasteiger charge is 2.77. The van der Waals surface area contributed by atoms with Crippen LogP contribution in [0.5, 0.6) is 0 Å². The van der Waals surface area contributed by atoms with E-state index in [0.717, 1.165) is 0 Å². The molecule has 7 nitrogen and oxygen atoms in total. The van der Waals surface area contributed by atoms with Crippen molar-refractivity contribution >= 4 is 23.2 Å². The van der Waals surface area contributed by atoms with Gasteiger partial charge in [-0.1, -0.05) is 35.9 Å². The largest absolute Gasteiger partial charge is 0.294 e. The molecule has 0 unspecified atom stereocenters. The molecular weight excluding hydrogens is 404 g/mol. The molecule has 8 heteroatoms. The molecule has 1 aliphatic heterocycles. The first-order chi connectivity index (χ1) is 14.4. The van der Waals surface area contributed by atoms with E-state index in [9.17, 15) is 25.4 Å². The van der Waals surface area contributed by atoms with E-state index in [1.54, 1.807) is 30.3 Å². The summed E-state index contributed by atoms with van der Waals surface area (Å²) < 4.78 is 0. The van der Waals surface area contributed by atoms with Crippen molar-refractivity contribution < 1.29 is 9.72 Å². The minimum absolute atomic E-state index is 0.101. The average Bonchev–Trinajstić information content (AvgIpc) is 3.23. The molecule has 0 bridgehead atoms. The first-order valence-corrected chi connectivity index (χ1v) is 9.53. The molecule has 0 aromatic heterocycles. The van der Waals surface area contributed by atoms with Crippen LogP contribution in [0, 0.1) is 44.1 Å². The summed E-state index contributed by atoms with van der Waals surface area (Å²) in [5.41, 5.74) is -2.89. The Labute approximate surface area is 177 Å². The zero-order valence-corrected chi connectivity index (χ0v) is 16.4. The van der Waals surface area contributed by atoms with Crippen molar-refractivity contribution in [2.45, 2.75) is 18.0 Å². The third-order valence-electron chi connectivity index (χ3n) is 6.12. The van der Waals surface area contributed by atoms with Gasteiger partial charge in [-0.3, -0.25) is 19.8 Å². The normalized spacial score (nSPS) is 25.5. The van der Waals surface area contributed by atoms with Crippen LogP contribution in [0.1, 0.15) is 22.3 Å². The van der Waals surface area contributed by atoms with Gasteiger partial charge in [-0.05, 0) is 36.8 Å². The molecule has 2 aromatic rings. The molecule has 1 fully saturated rings. The number of halogens is 1. The second-order valence-electron chi connectivity index (χ2n) is 7.43. The van der Waals surface area contributed by atoms with Gasteiger partial charge < -0.3 is 0 Å². The predicted octanol–water partition coefficient (Wildman–Crippen LogP) is 4.08. The highest BCUT2D eigenvalue weighted by molar-refractivity contribution is 6.31. The van der Waals surface area contributed by atoms with E-state index in [4.69, 9.17) is 11.6 Å². The maximum atomic E-state index is 13.6. The number of amides is 1. The van der Waals surface area contributed by atoms with Crippen LogP contribution in [0.25, 0.3) is 0 Å². The summed E-state index contributed by atoms with van der Waals surface area (Å²) in [6.07, 6.45) is 1.30. The number of carbonyl (C=O) groups excluding carboxylic acids is 1. The quantitative estimate of drug-likeness (QED) is 0.423. The first-order valence-electron chi connectivity index (χ1n) is 9.15. The third kappa shape index (κ3) is 2.27. The Hall–Kier alpha value is -3.68. The lowest BCUT2D eigenvalue weighted by Crippen LogP contribution is -2.55. The van der Waals surface area contributed by atoms with Crippen molar-refractivity contribution in [3.8, 4) is 12.1 Å². The van der Waals surface area contributed by atoms with E-state index < -0.39 is 33.7 Å². The zero-order valence-electron chi connectivity index (χ0n) is 15.7. The standard InChI is InChI=1S/C22H15ClN4O3/c1-2-15-11-21(12-24,13-25)20-22(15,27(29)30)17-9-8-16(23)10-18(17)26(20)19(28)14-6-4-3-5-7-14/h2-10,15,20H,1,11H2/t15-,20-,22+/m0/s1. The Bertz CT molecular complexity index is 1150. The topological polar surface area (TPSA) is 111 Å². The Morgan fingerprint density at radius 1 is 1.27 bits per heavy atom. The summed E-state index contributed by atoms with van der Waals surface area (Å²) in [6, 6.07) is 15.4. The summed E-state index contributed by atoms with van der Waals surface area (Å²) in [5, 5.41) is 32.9. The summed E-state index contributed by atoms with van der Waals surface area (Å²) in [7, 11) is 0. The van der Waals surface area contributed by atoms with Crippen LogP contribution in [0.3, 0.4) is 0 Å². The zero-order chi connectivity index (χ0) is 21.7. The van der Waals surface area contributed by atoms with E-state index >= 15 is 0 Å². The molecule has 148 valence electrons. The number of rotatable bonds is 3. The predicted molar refractivity (Wildman–Crippen MR) is 109 cm³/mol. The van der Waals surface area contributed by atoms with E-state index in [2.05, 4.69) is 6.58 Å². The van der Waals surface area contributed by atoms with E-state index in [1.807, 2.05) is 12.1 Å². The van der Waals surface area contributed by atoms with Gasteiger partial charge in [0.05, 0.1) is 29.3 Å². The van der Waals surface area contributed by atoms with Gasteiger partial charge in [0, 0.05) is 15.5 Å². The molecule has 4 rings (SSSR count). The van der Waals surface area contributed by atoms with Gasteiger partial charge in [0.2, 0.25) is 0 Å². The van der Waals surface area contributed by atoms with Crippen LogP contribution < -0.4 is 4.90 Å². The SMILES string of the molecule is C=C[C@H]1CC(C#N)(C#N)[C@@H]2N(C(=O)c3ccccc3)c3cc(Cl)ccc3[C@]12[N+](=O)[O-]. The highest BCUT2D eigenvalue weighted by atomic mass is 35.5. The number of hydrogen-bond donors (Lipinski definition) is 0. The Kier molecular flexibility index (Phi) is 4.38. The van der Waals surface area contributed by atoms with Gasteiger partial charge >= 0.3 is 0 Å². The second kappa shape index (κ2) is 6.69. The molecule has 1 amide bonds. The number of benzene rings is 2. The number of fused-ring (bicyclic) bond motifs is 3. The molecule has 0 N–H and O–H groups in total. The third-order valence-corrected chi connectivity index (χ3v) is 6.36. The van der Waals surface area contributed by atoms with Crippen molar-refractivity contribution in [2.75, 3.05) is 4.90 Å². The Morgan fingerprint density at radius 3 is 2.50 bits per heavy atom. The van der Waals surface area contributed by atoms with Gasteiger partial charge in [-0.25, -0.2) is 0 Å². The lowest BCUT2D eigenvalue weighted by atomic mass is 9.78. The second-order valence-corrected chi connectivity index (χ2v) is 7.87. The molecule has 2 aromatic carbocycles. The monoisotopic (exact) mass is 418 g/mol. The minimum atomic E-state index is -1.88. The molecule has 1 saturated carbocycles. The van der Waals surface area contributed by atoms with Crippen molar-refractivity contribution in [3.63, 3.8) is 0 Å². The van der Waals surface area contributed by atoms with Gasteiger partial charge in [0.25, 0.3) is 11.4 Å². The van der Waals surface area contributed by atoms with E-state index in [1.165, 1.54) is 29.2 Å². The van der Waals surface area contributed by atoms with Gasteiger partial charge in [0.15, 0.2) is 5.41 Å². The fourth-order valence-electron chi connectivity index (χ4n) is 4.92. The molecule has 2 aliphatic rings. The summed E-state index contributed by atoms with van der Waals surface area (Å²) in [4.78, 5) is 26.9. The van der Waals surface area contributed by atoms with E-state index in [0.29, 0.717) is 0 Å². The van der Waals surface area contributed by atoms with Crippen molar-refractivity contribution in [2.24, 2.45) is 11.3 Å². The number of carbonyl (C=O) groups is 1. The first kappa shape index (κ1) is 19.6. The van der Waals surface area contributed by atoms with Crippen LogP contribution in [0.4, 0.5) is 5.69 Å². The highest BCUT2D eigenvalue weighted by Crippen LogP contribution is 2.63. The fourth-order valence-corrected chi connectivity index (χ4v) is 5.09. The molecular formula is C22H15ClN4O3. The number of hydrogen-bond acceptors (Lipinski definition) is 5. The molecule has 0 spiro atoms. The maximum absolute atomic E-state index is 13.6. The summed E-state index contributed by atoms with van der Waals surface area (Å²) in [6.45, 7) is 3.73. The van der Waals surface area contributed by atoms with Crippen LogP contribution in [-0.2, 0) is 5.54 Å². The smallest absolute Gasteiger partial charge is 0.278 e. The van der Waals surface area contributed by atoms with Crippen molar-refractivity contribution in [1.29, 1.82) is 10.5 Å². The van der Waals surface area contributed by atoms with E-state index in [-0.39, 0.29) is 28.3 Å². The molecule has 1 heterocycles. The van der Waals surface area contributed by atoms with Crippen molar-refractivity contribution in [3.05, 3.63) is 87.4 Å². The Morgan fingerprint density at radius 2 is 1.93 bits per heavy atom. The van der Waals surface area contributed by atoms with Crippen LogP contribution in [-0.4, -0.2) is 16.9 Å². The summed E-state index contributed by atoms with van der Waals surface area (Å²) in [5.74, 6) is -1.36. The average molecular weight is 419 g/mol. The number of nitriles is 2. The Balaban J connectivity index is 2.09. The van der Waals surface area contributed by atoms with Gasteiger partial charge in [-0.2, -0.15) is 10.5 Å². The van der Waals surface area contributed by atoms with Crippen LogP contribution in [0.15, 0.2) is 61.2 Å². The fraction of sp³-hybridized carbons (Fsp3) is 0.227. The van der Waals surface area contributed by atoms with Crippen molar-refractivity contribution in [1.82, 2.24) is 0 Å². The summed E-state index contributed by atoms with van der Waals surface area (Å²) >= 11 is 6.17. The number of nitro groups is 1. The molecule has 30 heavy (non-hydrogen) atoms. The molecule has 0 saturated heterocycles. The lowest BCUT2D eigenvalue weighted by molar-refractivity contribution is -0.585. The molecule has 0 radical (unpaired) electrons. The lowest BCUT2D eigenvalue weighted by Gasteiger charge is -2.32.